The number of carbonyl (C=O) groups excluding carboxylic acids is 1. The van der Waals surface area contributed by atoms with E-state index in [2.05, 4.69) is 4.74 Å². The van der Waals surface area contributed by atoms with Crippen molar-refractivity contribution in [3.05, 3.63) is 21.7 Å². The van der Waals surface area contributed by atoms with Crippen LogP contribution in [0.1, 0.15) is 10.4 Å². The lowest BCUT2D eigenvalue weighted by atomic mass is 10.2. The number of hydrogen-bond acceptors (Lipinski definition) is 4. The van der Waals surface area contributed by atoms with Gasteiger partial charge in [0.1, 0.15) is 5.02 Å². The van der Waals surface area contributed by atoms with E-state index in [-0.39, 0.29) is 27.1 Å². The van der Waals surface area contributed by atoms with Crippen LogP contribution in [0.5, 0.6) is 11.5 Å². The quantitative estimate of drug-likeness (QED) is 0.820. The summed E-state index contributed by atoms with van der Waals surface area (Å²) >= 11 is 11.5. The summed E-state index contributed by atoms with van der Waals surface area (Å²) in [5.41, 5.74) is -0.0116. The maximum atomic E-state index is 11.2. The molecule has 0 atom stereocenters. The van der Waals surface area contributed by atoms with Crippen molar-refractivity contribution in [2.24, 2.45) is 0 Å². The normalized spacial score (nSPS) is 9.87. The van der Waals surface area contributed by atoms with Gasteiger partial charge in [0.05, 0.1) is 24.8 Å². The molecule has 15 heavy (non-hydrogen) atoms. The minimum atomic E-state index is -0.681. The molecule has 0 radical (unpaired) electrons. The van der Waals surface area contributed by atoms with Crippen LogP contribution in [-0.4, -0.2) is 25.3 Å². The first-order valence-corrected chi connectivity index (χ1v) is 4.61. The van der Waals surface area contributed by atoms with Crippen LogP contribution in [-0.2, 0) is 4.74 Å². The summed E-state index contributed by atoms with van der Waals surface area (Å²) in [5, 5.41) is 9.49. The number of aromatic hydroxyl groups is 1. The van der Waals surface area contributed by atoms with Crippen LogP contribution >= 0.6 is 23.2 Å². The summed E-state index contributed by atoms with van der Waals surface area (Å²) in [7, 11) is 2.53. The SMILES string of the molecule is COC(=O)c1cc(Cl)c(OC)c(O)c1Cl. The van der Waals surface area contributed by atoms with E-state index in [1.807, 2.05) is 0 Å². The predicted molar refractivity (Wildman–Crippen MR) is 56.0 cm³/mol. The summed E-state index contributed by atoms with van der Waals surface area (Å²) in [4.78, 5) is 11.2. The molecule has 0 saturated carbocycles. The largest absolute Gasteiger partial charge is 0.503 e. The molecule has 0 aliphatic heterocycles. The molecule has 0 amide bonds. The van der Waals surface area contributed by atoms with Gasteiger partial charge in [-0.2, -0.15) is 0 Å². The summed E-state index contributed by atoms with van der Waals surface area (Å²) in [6.07, 6.45) is 0. The van der Waals surface area contributed by atoms with Crippen molar-refractivity contribution in [2.45, 2.75) is 0 Å². The van der Waals surface area contributed by atoms with Gasteiger partial charge in [0.15, 0.2) is 11.5 Å². The number of halogens is 2. The lowest BCUT2D eigenvalue weighted by molar-refractivity contribution is 0.0600. The molecule has 0 heterocycles. The molecule has 0 aliphatic carbocycles. The molecule has 0 spiro atoms. The van der Waals surface area contributed by atoms with Crippen molar-refractivity contribution in [1.82, 2.24) is 0 Å². The summed E-state index contributed by atoms with van der Waals surface area (Å²) in [6, 6.07) is 1.27. The number of ether oxygens (including phenoxy) is 2. The van der Waals surface area contributed by atoms with Crippen molar-refractivity contribution in [3.63, 3.8) is 0 Å². The summed E-state index contributed by atoms with van der Waals surface area (Å²) in [6.45, 7) is 0. The van der Waals surface area contributed by atoms with Crippen molar-refractivity contribution in [2.75, 3.05) is 14.2 Å². The molecule has 0 saturated heterocycles. The predicted octanol–water partition coefficient (Wildman–Crippen LogP) is 2.49. The number of esters is 1. The zero-order valence-corrected chi connectivity index (χ0v) is 9.52. The standard InChI is InChI=1S/C9H8Cl2O4/c1-14-8-5(10)3-4(9(13)15-2)6(11)7(8)12/h3,12H,1-2H3. The highest BCUT2D eigenvalue weighted by Gasteiger charge is 2.20. The van der Waals surface area contributed by atoms with Crippen LogP contribution in [0, 0.1) is 0 Å². The van der Waals surface area contributed by atoms with E-state index in [4.69, 9.17) is 27.9 Å². The van der Waals surface area contributed by atoms with E-state index < -0.39 is 5.97 Å². The molecule has 1 N–H and O–H groups in total. The molecule has 0 aromatic heterocycles. The third-order valence-corrected chi connectivity index (χ3v) is 2.42. The average Bonchev–Trinajstić information content (AvgIpc) is 2.23. The van der Waals surface area contributed by atoms with Crippen molar-refractivity contribution in [1.29, 1.82) is 0 Å². The minimum absolute atomic E-state index is 0.0116. The Labute approximate surface area is 96.3 Å². The Bertz CT molecular complexity index is 404. The van der Waals surface area contributed by atoms with Gasteiger partial charge in [-0.05, 0) is 6.07 Å². The second-order valence-corrected chi connectivity index (χ2v) is 3.38. The number of phenolic OH excluding ortho intramolecular Hbond substituents is 1. The van der Waals surface area contributed by atoms with Gasteiger partial charge in [-0.3, -0.25) is 0 Å². The third-order valence-electron chi connectivity index (χ3n) is 1.76. The highest BCUT2D eigenvalue weighted by molar-refractivity contribution is 6.38. The van der Waals surface area contributed by atoms with Crippen LogP contribution < -0.4 is 4.74 Å². The zero-order chi connectivity index (χ0) is 11.6. The van der Waals surface area contributed by atoms with Gasteiger partial charge in [0, 0.05) is 0 Å². The Hall–Kier alpha value is -1.13. The molecular weight excluding hydrogens is 243 g/mol. The molecule has 1 aromatic rings. The fourth-order valence-corrected chi connectivity index (χ4v) is 1.54. The van der Waals surface area contributed by atoms with Gasteiger partial charge >= 0.3 is 5.97 Å². The Kier molecular flexibility index (Phi) is 3.66. The van der Waals surface area contributed by atoms with Crippen molar-refractivity contribution >= 4 is 29.2 Å². The number of rotatable bonds is 2. The molecule has 6 heteroatoms. The molecule has 1 rings (SSSR count). The zero-order valence-electron chi connectivity index (χ0n) is 8.01. The van der Waals surface area contributed by atoms with E-state index >= 15 is 0 Å². The molecule has 4 nitrogen and oxygen atoms in total. The van der Waals surface area contributed by atoms with Gasteiger partial charge in [0.2, 0.25) is 0 Å². The molecule has 0 aliphatic rings. The van der Waals surface area contributed by atoms with Crippen LogP contribution in [0.25, 0.3) is 0 Å². The molecule has 0 fully saturated rings. The fourth-order valence-electron chi connectivity index (χ4n) is 1.05. The highest BCUT2D eigenvalue weighted by Crippen LogP contribution is 2.42. The number of hydrogen-bond donors (Lipinski definition) is 1. The van der Waals surface area contributed by atoms with E-state index in [0.29, 0.717) is 0 Å². The van der Waals surface area contributed by atoms with E-state index in [9.17, 15) is 9.90 Å². The lowest BCUT2D eigenvalue weighted by Crippen LogP contribution is -2.03. The minimum Gasteiger partial charge on any atom is -0.503 e. The number of phenols is 1. The monoisotopic (exact) mass is 250 g/mol. The maximum Gasteiger partial charge on any atom is 0.339 e. The second kappa shape index (κ2) is 4.59. The van der Waals surface area contributed by atoms with Crippen LogP contribution in [0.4, 0.5) is 0 Å². The Morgan fingerprint density at radius 3 is 2.47 bits per heavy atom. The van der Waals surface area contributed by atoms with Gasteiger partial charge in [0.25, 0.3) is 0 Å². The van der Waals surface area contributed by atoms with Crippen LogP contribution in [0.15, 0.2) is 6.07 Å². The first kappa shape index (κ1) is 11.9. The molecule has 82 valence electrons. The fraction of sp³-hybridized carbons (Fsp3) is 0.222. The van der Waals surface area contributed by atoms with Crippen LogP contribution in [0.2, 0.25) is 10.0 Å². The average molecular weight is 251 g/mol. The van der Waals surface area contributed by atoms with Crippen molar-refractivity contribution < 1.29 is 19.4 Å². The molecule has 1 aromatic carbocycles. The van der Waals surface area contributed by atoms with Crippen molar-refractivity contribution in [3.8, 4) is 11.5 Å². The van der Waals surface area contributed by atoms with Crippen LogP contribution in [0.3, 0.4) is 0 Å². The topological polar surface area (TPSA) is 55.8 Å². The molecule has 0 unspecified atom stereocenters. The first-order chi connectivity index (χ1) is 7.02. The van der Waals surface area contributed by atoms with E-state index in [1.54, 1.807) is 0 Å². The first-order valence-electron chi connectivity index (χ1n) is 3.86. The third kappa shape index (κ3) is 2.11. The number of methoxy groups -OCH3 is 2. The van der Waals surface area contributed by atoms with E-state index in [0.717, 1.165) is 0 Å². The Morgan fingerprint density at radius 1 is 1.40 bits per heavy atom. The molecule has 0 bridgehead atoms. The number of benzene rings is 1. The Balaban J connectivity index is 3.40. The van der Waals surface area contributed by atoms with Gasteiger partial charge in [-0.25, -0.2) is 4.79 Å². The maximum absolute atomic E-state index is 11.2. The lowest BCUT2D eigenvalue weighted by Gasteiger charge is -2.10. The van der Waals surface area contributed by atoms with Gasteiger partial charge in [-0.1, -0.05) is 23.2 Å². The highest BCUT2D eigenvalue weighted by atomic mass is 35.5. The van der Waals surface area contributed by atoms with Gasteiger partial charge < -0.3 is 14.6 Å². The van der Waals surface area contributed by atoms with Gasteiger partial charge in [-0.15, -0.1) is 0 Å². The Morgan fingerprint density at radius 2 is 2.00 bits per heavy atom. The second-order valence-electron chi connectivity index (χ2n) is 2.59. The molecular formula is C9H8Cl2O4. The smallest absolute Gasteiger partial charge is 0.339 e. The summed E-state index contributed by atoms with van der Waals surface area (Å²) < 4.78 is 9.27. The summed E-state index contributed by atoms with van der Waals surface area (Å²) in [5.74, 6) is -1.04. The number of carbonyl (C=O) groups is 1. The van der Waals surface area contributed by atoms with E-state index in [1.165, 1.54) is 20.3 Å².